The molecule has 0 unspecified atom stereocenters. The number of anilines is 1. The number of nitrogens with one attached hydrogen (secondary N) is 2. The van der Waals surface area contributed by atoms with Gasteiger partial charge in [0.25, 0.3) is 15.9 Å². The highest BCUT2D eigenvalue weighted by molar-refractivity contribution is 7.92. The Morgan fingerprint density at radius 1 is 0.960 bits per heavy atom. The van der Waals surface area contributed by atoms with Gasteiger partial charge in [0.2, 0.25) is 10.0 Å². The zero-order chi connectivity index (χ0) is 18.8. The average Bonchev–Trinajstić information content (AvgIpc) is 2.48. The van der Waals surface area contributed by atoms with Crippen molar-refractivity contribution in [3.05, 3.63) is 58.1 Å². The van der Waals surface area contributed by atoms with E-state index in [0.717, 1.165) is 12.3 Å². The van der Waals surface area contributed by atoms with Crippen LogP contribution < -0.4 is 9.44 Å². The summed E-state index contributed by atoms with van der Waals surface area (Å²) in [6.45, 7) is 0. The summed E-state index contributed by atoms with van der Waals surface area (Å²) in [7, 11) is -7.90. The maximum atomic E-state index is 12.5. The molecule has 2 aromatic carbocycles. The van der Waals surface area contributed by atoms with Crippen molar-refractivity contribution in [2.24, 2.45) is 0 Å². The number of benzene rings is 2. The molecule has 2 rings (SSSR count). The van der Waals surface area contributed by atoms with Gasteiger partial charge in [-0.15, -0.1) is 0 Å². The quantitative estimate of drug-likeness (QED) is 0.768. The maximum Gasteiger partial charge on any atom is 0.264 e. The summed E-state index contributed by atoms with van der Waals surface area (Å²) in [4.78, 5) is 11.5. The van der Waals surface area contributed by atoms with Gasteiger partial charge in [-0.1, -0.05) is 23.2 Å². The largest absolute Gasteiger partial charge is 0.280 e. The summed E-state index contributed by atoms with van der Waals surface area (Å²) < 4.78 is 51.3. The van der Waals surface area contributed by atoms with Gasteiger partial charge in [0.05, 0.1) is 11.3 Å². The molecular weight excluding hydrogens is 411 g/mol. The average molecular weight is 423 g/mol. The van der Waals surface area contributed by atoms with Crippen LogP contribution >= 0.6 is 23.2 Å². The maximum absolute atomic E-state index is 12.5. The fourth-order valence-electron chi connectivity index (χ4n) is 1.81. The van der Waals surface area contributed by atoms with Crippen molar-refractivity contribution >= 4 is 54.8 Å². The lowest BCUT2D eigenvalue weighted by atomic mass is 10.2. The van der Waals surface area contributed by atoms with E-state index in [-0.39, 0.29) is 21.2 Å². The predicted molar refractivity (Wildman–Crippen MR) is 96.0 cm³/mol. The topological polar surface area (TPSA) is 109 Å². The van der Waals surface area contributed by atoms with Crippen molar-refractivity contribution < 1.29 is 21.6 Å². The molecule has 134 valence electrons. The third-order valence-corrected chi connectivity index (χ3v) is 5.53. The van der Waals surface area contributed by atoms with E-state index in [4.69, 9.17) is 23.2 Å². The van der Waals surface area contributed by atoms with E-state index < -0.39 is 26.0 Å². The van der Waals surface area contributed by atoms with Crippen molar-refractivity contribution in [1.29, 1.82) is 0 Å². The van der Waals surface area contributed by atoms with Crippen LogP contribution in [-0.4, -0.2) is 29.0 Å². The highest BCUT2D eigenvalue weighted by atomic mass is 35.5. The number of sulfonamides is 2. The van der Waals surface area contributed by atoms with Gasteiger partial charge >= 0.3 is 0 Å². The smallest absolute Gasteiger partial charge is 0.264 e. The minimum Gasteiger partial charge on any atom is -0.280 e. The first kappa shape index (κ1) is 19.5. The molecule has 2 N–H and O–H groups in total. The summed E-state index contributed by atoms with van der Waals surface area (Å²) >= 11 is 11.7. The lowest BCUT2D eigenvalue weighted by Crippen LogP contribution is -2.29. The Hall–Kier alpha value is -1.81. The van der Waals surface area contributed by atoms with E-state index in [1.807, 2.05) is 0 Å². The van der Waals surface area contributed by atoms with Crippen LogP contribution in [0, 0.1) is 0 Å². The molecule has 0 aliphatic rings. The number of hydrogen-bond acceptors (Lipinski definition) is 5. The van der Waals surface area contributed by atoms with E-state index >= 15 is 0 Å². The van der Waals surface area contributed by atoms with Crippen molar-refractivity contribution in [3.8, 4) is 0 Å². The van der Waals surface area contributed by atoms with Crippen molar-refractivity contribution in [1.82, 2.24) is 4.72 Å². The van der Waals surface area contributed by atoms with Gasteiger partial charge < -0.3 is 0 Å². The van der Waals surface area contributed by atoms with Crippen LogP contribution in [0.4, 0.5) is 5.69 Å². The molecule has 11 heteroatoms. The highest BCUT2D eigenvalue weighted by Crippen LogP contribution is 2.25. The minimum atomic E-state index is -4.11. The van der Waals surface area contributed by atoms with E-state index in [9.17, 15) is 21.6 Å². The Labute approximate surface area is 155 Å². The van der Waals surface area contributed by atoms with Gasteiger partial charge in [-0.25, -0.2) is 21.6 Å². The van der Waals surface area contributed by atoms with Crippen LogP contribution in [0.2, 0.25) is 10.0 Å². The van der Waals surface area contributed by atoms with E-state index in [1.54, 1.807) is 4.72 Å². The number of amides is 1. The Balaban J connectivity index is 2.38. The standard InChI is InChI=1S/C14H12Cl2N2O5S2/c1-24(20,21)18-14(19)9-2-7-12(16)13(8-9)25(22,23)17-11-5-3-10(15)4-6-11/h2-8,17H,1H3,(H,18,19). The molecule has 0 heterocycles. The SMILES string of the molecule is CS(=O)(=O)NC(=O)c1ccc(Cl)c(S(=O)(=O)Nc2ccc(Cl)cc2)c1. The van der Waals surface area contributed by atoms with Crippen LogP contribution in [0.5, 0.6) is 0 Å². The van der Waals surface area contributed by atoms with Gasteiger partial charge in [0, 0.05) is 16.3 Å². The van der Waals surface area contributed by atoms with E-state index in [1.165, 1.54) is 36.4 Å². The summed E-state index contributed by atoms with van der Waals surface area (Å²) in [5.41, 5.74) is 0.0674. The monoisotopic (exact) mass is 422 g/mol. The molecule has 0 aliphatic carbocycles. The van der Waals surface area contributed by atoms with Crippen LogP contribution in [-0.2, 0) is 20.0 Å². The second-order valence-electron chi connectivity index (χ2n) is 4.96. The Morgan fingerprint density at radius 3 is 2.12 bits per heavy atom. The molecule has 0 saturated carbocycles. The first-order chi connectivity index (χ1) is 11.5. The van der Waals surface area contributed by atoms with Crippen molar-refractivity contribution in [2.75, 3.05) is 11.0 Å². The Bertz CT molecular complexity index is 1020. The molecule has 0 saturated heterocycles. The molecule has 0 bridgehead atoms. The Morgan fingerprint density at radius 2 is 1.56 bits per heavy atom. The predicted octanol–water partition coefficient (Wildman–Crippen LogP) is 2.48. The third kappa shape index (κ3) is 5.33. The molecule has 0 aliphatic heterocycles. The van der Waals surface area contributed by atoms with Gasteiger partial charge in [-0.05, 0) is 42.5 Å². The minimum absolute atomic E-state index is 0.127. The van der Waals surface area contributed by atoms with Crippen LogP contribution in [0.15, 0.2) is 47.4 Å². The molecule has 0 atom stereocenters. The zero-order valence-electron chi connectivity index (χ0n) is 12.7. The normalized spacial score (nSPS) is 11.8. The zero-order valence-corrected chi connectivity index (χ0v) is 15.8. The highest BCUT2D eigenvalue weighted by Gasteiger charge is 2.21. The summed E-state index contributed by atoms with van der Waals surface area (Å²) in [6, 6.07) is 9.29. The fourth-order valence-corrected chi connectivity index (χ4v) is 3.97. The van der Waals surface area contributed by atoms with E-state index in [0.29, 0.717) is 5.02 Å². The Kier molecular flexibility index (Phi) is 5.62. The van der Waals surface area contributed by atoms with Gasteiger partial charge in [0.15, 0.2) is 0 Å². The second kappa shape index (κ2) is 7.20. The molecule has 0 radical (unpaired) electrons. The number of halogens is 2. The van der Waals surface area contributed by atoms with Crippen molar-refractivity contribution in [2.45, 2.75) is 4.90 Å². The van der Waals surface area contributed by atoms with Gasteiger partial charge in [-0.3, -0.25) is 9.52 Å². The summed E-state index contributed by atoms with van der Waals surface area (Å²) in [5.74, 6) is -0.970. The number of carbonyl (C=O) groups is 1. The third-order valence-electron chi connectivity index (χ3n) is 2.86. The molecule has 7 nitrogen and oxygen atoms in total. The first-order valence-electron chi connectivity index (χ1n) is 6.58. The van der Waals surface area contributed by atoms with Gasteiger partial charge in [0.1, 0.15) is 4.90 Å². The number of hydrogen-bond donors (Lipinski definition) is 2. The van der Waals surface area contributed by atoms with E-state index in [2.05, 4.69) is 4.72 Å². The molecule has 0 fully saturated rings. The molecule has 0 aromatic heterocycles. The number of rotatable bonds is 5. The summed E-state index contributed by atoms with van der Waals surface area (Å²) in [6.07, 6.45) is 0.806. The summed E-state index contributed by atoms with van der Waals surface area (Å²) in [5, 5.41) is 0.304. The number of carbonyl (C=O) groups excluding carboxylic acids is 1. The van der Waals surface area contributed by atoms with Crippen LogP contribution in [0.3, 0.4) is 0 Å². The van der Waals surface area contributed by atoms with Crippen LogP contribution in [0.25, 0.3) is 0 Å². The molecule has 25 heavy (non-hydrogen) atoms. The molecule has 0 spiro atoms. The lowest BCUT2D eigenvalue weighted by Gasteiger charge is -2.11. The molecule has 2 aromatic rings. The molecule has 1 amide bonds. The second-order valence-corrected chi connectivity index (χ2v) is 9.20. The van der Waals surface area contributed by atoms with Crippen LogP contribution in [0.1, 0.15) is 10.4 Å². The first-order valence-corrected chi connectivity index (χ1v) is 10.7. The van der Waals surface area contributed by atoms with Crippen molar-refractivity contribution in [3.63, 3.8) is 0 Å². The van der Waals surface area contributed by atoms with Gasteiger partial charge in [-0.2, -0.15) is 0 Å². The molecular formula is C14H12Cl2N2O5S2. The fraction of sp³-hybridized carbons (Fsp3) is 0.0714. The lowest BCUT2D eigenvalue weighted by molar-refractivity contribution is 0.0981.